The molecule has 0 radical (unpaired) electrons. The Morgan fingerprint density at radius 2 is 1.78 bits per heavy atom. The maximum absolute atomic E-state index is 11.4. The highest BCUT2D eigenvalue weighted by atomic mass is 16.6. The van der Waals surface area contributed by atoms with Crippen molar-refractivity contribution in [1.29, 1.82) is 0 Å². The van der Waals surface area contributed by atoms with Gasteiger partial charge in [-0.05, 0) is 37.0 Å². The summed E-state index contributed by atoms with van der Waals surface area (Å²) in [5.74, 6) is 1.40. The summed E-state index contributed by atoms with van der Waals surface area (Å²) in [4.78, 5) is 21.6. The van der Waals surface area contributed by atoms with Crippen LogP contribution >= 0.6 is 0 Å². The molecule has 5 heteroatoms. The van der Waals surface area contributed by atoms with Crippen LogP contribution in [0.1, 0.15) is 59.8 Å². The Bertz CT molecular complexity index is 340. The first kappa shape index (κ1) is 21.9. The Kier molecular flexibility index (Phi) is 11.7. The number of methoxy groups -OCH3 is 2. The van der Waals surface area contributed by atoms with Gasteiger partial charge in [0.15, 0.2) is 0 Å². The monoisotopic (exact) mass is 330 g/mol. The molecule has 0 aromatic carbocycles. The minimum absolute atomic E-state index is 0.0652. The molecule has 0 aliphatic heterocycles. The number of rotatable bonds is 6. The van der Waals surface area contributed by atoms with E-state index in [1.165, 1.54) is 27.1 Å². The van der Waals surface area contributed by atoms with Gasteiger partial charge < -0.3 is 14.2 Å². The van der Waals surface area contributed by atoms with E-state index in [1.807, 2.05) is 6.92 Å². The average Bonchev–Trinajstić information content (AvgIpc) is 2.48. The van der Waals surface area contributed by atoms with E-state index in [9.17, 15) is 9.59 Å². The molecule has 23 heavy (non-hydrogen) atoms. The maximum atomic E-state index is 11.4. The second-order valence-electron chi connectivity index (χ2n) is 6.61. The van der Waals surface area contributed by atoms with Crippen molar-refractivity contribution in [1.82, 2.24) is 0 Å². The third-order valence-electron chi connectivity index (χ3n) is 4.19. The second-order valence-corrected chi connectivity index (χ2v) is 6.61. The smallest absolute Gasteiger partial charge is 0.332 e. The highest BCUT2D eigenvalue weighted by Crippen LogP contribution is 2.35. The number of carbonyl (C=O) groups is 2. The van der Waals surface area contributed by atoms with Crippen molar-refractivity contribution < 1.29 is 23.8 Å². The van der Waals surface area contributed by atoms with Gasteiger partial charge in [0.1, 0.15) is 12.7 Å². The summed E-state index contributed by atoms with van der Waals surface area (Å²) >= 11 is 0. The lowest BCUT2D eigenvalue weighted by Crippen LogP contribution is -2.36. The standard InChI is InChI=1S/C13H24O3.C5H10O2/c1-9(2)11-6-5-10(3)7-12(11)16-13(14)8-15-4;1-3-4-5(6)7-2/h9-12H,5-8H2,1-4H3;3-4H2,1-2H3. The Morgan fingerprint density at radius 1 is 1.13 bits per heavy atom. The molecular formula is C18H34O5. The third-order valence-corrected chi connectivity index (χ3v) is 4.19. The van der Waals surface area contributed by atoms with Gasteiger partial charge in [-0.1, -0.05) is 34.1 Å². The van der Waals surface area contributed by atoms with Crippen molar-refractivity contribution in [2.45, 2.75) is 65.9 Å². The molecule has 3 atom stereocenters. The predicted molar refractivity (Wildman–Crippen MR) is 90.0 cm³/mol. The molecule has 0 amide bonds. The van der Waals surface area contributed by atoms with Crippen LogP contribution in [-0.4, -0.2) is 38.9 Å². The van der Waals surface area contributed by atoms with E-state index in [2.05, 4.69) is 25.5 Å². The SMILES string of the molecule is CCCC(=O)OC.COCC(=O)OC1CC(C)CCC1C(C)C. The summed E-state index contributed by atoms with van der Waals surface area (Å²) in [6.45, 7) is 8.65. The highest BCUT2D eigenvalue weighted by molar-refractivity contribution is 5.70. The zero-order valence-electron chi connectivity index (χ0n) is 15.6. The van der Waals surface area contributed by atoms with Crippen molar-refractivity contribution in [3.63, 3.8) is 0 Å². The fourth-order valence-electron chi connectivity index (χ4n) is 2.88. The van der Waals surface area contributed by atoms with Gasteiger partial charge in [0.05, 0.1) is 7.11 Å². The van der Waals surface area contributed by atoms with Crippen LogP contribution in [0.5, 0.6) is 0 Å². The van der Waals surface area contributed by atoms with Gasteiger partial charge in [-0.25, -0.2) is 4.79 Å². The zero-order valence-corrected chi connectivity index (χ0v) is 15.6. The molecule has 1 fully saturated rings. The molecule has 0 spiro atoms. The van der Waals surface area contributed by atoms with Gasteiger partial charge in [-0.3, -0.25) is 4.79 Å². The lowest BCUT2D eigenvalue weighted by molar-refractivity contribution is -0.160. The van der Waals surface area contributed by atoms with Crippen LogP contribution in [0.4, 0.5) is 0 Å². The van der Waals surface area contributed by atoms with Gasteiger partial charge in [0.25, 0.3) is 0 Å². The lowest BCUT2D eigenvalue weighted by Gasteiger charge is -2.36. The summed E-state index contributed by atoms with van der Waals surface area (Å²) in [6.07, 6.45) is 4.92. The maximum Gasteiger partial charge on any atom is 0.332 e. The molecule has 0 aromatic heterocycles. The van der Waals surface area contributed by atoms with Crippen LogP contribution in [-0.2, 0) is 23.8 Å². The number of ether oxygens (including phenoxy) is 3. The summed E-state index contributed by atoms with van der Waals surface area (Å²) < 4.78 is 14.7. The van der Waals surface area contributed by atoms with Gasteiger partial charge in [-0.2, -0.15) is 0 Å². The minimum Gasteiger partial charge on any atom is -0.469 e. The molecule has 0 bridgehead atoms. The Hall–Kier alpha value is -1.10. The average molecular weight is 330 g/mol. The summed E-state index contributed by atoms with van der Waals surface area (Å²) in [5.41, 5.74) is 0. The van der Waals surface area contributed by atoms with Crippen LogP contribution in [0.2, 0.25) is 0 Å². The van der Waals surface area contributed by atoms with Crippen LogP contribution < -0.4 is 0 Å². The van der Waals surface area contributed by atoms with Crippen molar-refractivity contribution in [2.75, 3.05) is 20.8 Å². The summed E-state index contributed by atoms with van der Waals surface area (Å²) in [5, 5.41) is 0. The molecule has 1 aliphatic rings. The molecule has 0 saturated heterocycles. The van der Waals surface area contributed by atoms with E-state index >= 15 is 0 Å². The van der Waals surface area contributed by atoms with Crippen LogP contribution in [0.3, 0.4) is 0 Å². The van der Waals surface area contributed by atoms with Crippen LogP contribution in [0.25, 0.3) is 0 Å². The van der Waals surface area contributed by atoms with E-state index in [0.29, 0.717) is 24.2 Å². The van der Waals surface area contributed by atoms with E-state index in [1.54, 1.807) is 0 Å². The number of hydrogen-bond acceptors (Lipinski definition) is 5. The molecule has 0 heterocycles. The molecule has 3 unspecified atom stereocenters. The molecule has 1 saturated carbocycles. The van der Waals surface area contributed by atoms with E-state index in [4.69, 9.17) is 9.47 Å². The lowest BCUT2D eigenvalue weighted by atomic mass is 9.75. The van der Waals surface area contributed by atoms with Gasteiger partial charge in [0, 0.05) is 13.5 Å². The molecular weight excluding hydrogens is 296 g/mol. The predicted octanol–water partition coefficient (Wildman–Crippen LogP) is 3.60. The summed E-state index contributed by atoms with van der Waals surface area (Å²) in [6, 6.07) is 0. The van der Waals surface area contributed by atoms with Crippen molar-refractivity contribution in [3.8, 4) is 0 Å². The van der Waals surface area contributed by atoms with Crippen LogP contribution in [0.15, 0.2) is 0 Å². The first-order chi connectivity index (χ1) is 10.8. The van der Waals surface area contributed by atoms with Gasteiger partial charge in [0.2, 0.25) is 0 Å². The third kappa shape index (κ3) is 9.59. The Labute approximate surface area is 141 Å². The fourth-order valence-corrected chi connectivity index (χ4v) is 2.88. The Balaban J connectivity index is 0.000000585. The summed E-state index contributed by atoms with van der Waals surface area (Å²) in [7, 11) is 2.92. The molecule has 136 valence electrons. The van der Waals surface area contributed by atoms with Crippen molar-refractivity contribution in [2.24, 2.45) is 17.8 Å². The van der Waals surface area contributed by atoms with E-state index < -0.39 is 0 Å². The quantitative estimate of drug-likeness (QED) is 0.696. The number of carbonyl (C=O) groups excluding carboxylic acids is 2. The minimum atomic E-state index is -0.229. The van der Waals surface area contributed by atoms with Crippen molar-refractivity contribution in [3.05, 3.63) is 0 Å². The molecule has 0 N–H and O–H groups in total. The number of esters is 2. The van der Waals surface area contributed by atoms with Gasteiger partial charge >= 0.3 is 11.9 Å². The molecule has 1 aliphatic carbocycles. The first-order valence-electron chi connectivity index (χ1n) is 8.60. The van der Waals surface area contributed by atoms with Crippen molar-refractivity contribution >= 4 is 11.9 Å². The first-order valence-corrected chi connectivity index (χ1v) is 8.60. The fraction of sp³-hybridized carbons (Fsp3) is 0.889. The second kappa shape index (κ2) is 12.3. The highest BCUT2D eigenvalue weighted by Gasteiger charge is 2.33. The zero-order chi connectivity index (χ0) is 17.8. The van der Waals surface area contributed by atoms with E-state index in [-0.39, 0.29) is 24.6 Å². The molecule has 0 aromatic rings. The Morgan fingerprint density at radius 3 is 2.22 bits per heavy atom. The van der Waals surface area contributed by atoms with Gasteiger partial charge in [-0.15, -0.1) is 0 Å². The van der Waals surface area contributed by atoms with E-state index in [0.717, 1.165) is 12.8 Å². The topological polar surface area (TPSA) is 61.8 Å². The largest absolute Gasteiger partial charge is 0.469 e. The normalized spacial score (nSPS) is 23.7. The molecule has 5 nitrogen and oxygen atoms in total. The van der Waals surface area contributed by atoms with Crippen LogP contribution in [0, 0.1) is 17.8 Å². The number of hydrogen-bond donors (Lipinski definition) is 0. The molecule has 1 rings (SSSR count).